The Hall–Kier alpha value is -2.20. The van der Waals surface area contributed by atoms with Crippen LogP contribution in [-0.4, -0.2) is 11.9 Å². The van der Waals surface area contributed by atoms with Gasteiger partial charge in [0.15, 0.2) is 0 Å². The van der Waals surface area contributed by atoms with Crippen molar-refractivity contribution < 1.29 is 4.79 Å². The summed E-state index contributed by atoms with van der Waals surface area (Å²) >= 11 is 6.19. The number of amides is 1. The molecule has 1 heterocycles. The summed E-state index contributed by atoms with van der Waals surface area (Å²) in [5.74, 6) is 0.231. The number of rotatable bonds is 6. The summed E-state index contributed by atoms with van der Waals surface area (Å²) in [6.45, 7) is 4.36. The number of hydrogen-bond acceptors (Lipinski definition) is 3. The minimum atomic E-state index is -0.711. The van der Waals surface area contributed by atoms with Gasteiger partial charge in [-0.05, 0) is 55.0 Å². The Bertz CT molecular complexity index is 849. The van der Waals surface area contributed by atoms with Crippen molar-refractivity contribution >= 4 is 28.9 Å². The number of carbonyl (C=O) groups is 1. The highest BCUT2D eigenvalue weighted by atomic mass is 35.5. The molecule has 1 saturated carbocycles. The average Bonchev–Trinajstić information content (AvgIpc) is 3.13. The van der Waals surface area contributed by atoms with Gasteiger partial charge in [0.05, 0.1) is 17.3 Å². The molecular weight excluding hydrogens is 394 g/mol. The van der Waals surface area contributed by atoms with Crippen LogP contribution in [0.15, 0.2) is 48.5 Å². The summed E-state index contributed by atoms with van der Waals surface area (Å²) in [7, 11) is 0. The SMILES string of the molecule is CC(C)C[C@H](C(=O)NC1CCCCC1)C1(c2ccc(Cl)cc2)Nc2ccccc2N1. The zero-order valence-corrected chi connectivity index (χ0v) is 18.6. The van der Waals surface area contributed by atoms with Crippen LogP contribution in [0, 0.1) is 11.8 Å². The molecule has 2 aromatic carbocycles. The van der Waals surface area contributed by atoms with Gasteiger partial charge in [-0.15, -0.1) is 0 Å². The summed E-state index contributed by atoms with van der Waals surface area (Å²) < 4.78 is 0. The molecule has 0 spiro atoms. The van der Waals surface area contributed by atoms with Crippen LogP contribution in [0.4, 0.5) is 11.4 Å². The lowest BCUT2D eigenvalue weighted by Gasteiger charge is -2.40. The average molecular weight is 426 g/mol. The first-order valence-corrected chi connectivity index (χ1v) is 11.6. The molecule has 1 aliphatic heterocycles. The van der Waals surface area contributed by atoms with Crippen LogP contribution < -0.4 is 16.0 Å². The number of carbonyl (C=O) groups excluding carboxylic acids is 1. The zero-order chi connectivity index (χ0) is 21.1. The minimum Gasteiger partial charge on any atom is -0.357 e. The molecule has 0 unspecified atom stereocenters. The van der Waals surface area contributed by atoms with Gasteiger partial charge in [0.2, 0.25) is 5.91 Å². The molecule has 30 heavy (non-hydrogen) atoms. The predicted octanol–water partition coefficient (Wildman–Crippen LogP) is 6.14. The minimum absolute atomic E-state index is 0.123. The maximum absolute atomic E-state index is 13.7. The number of hydrogen-bond donors (Lipinski definition) is 3. The summed E-state index contributed by atoms with van der Waals surface area (Å²) in [4.78, 5) is 13.7. The van der Waals surface area contributed by atoms with E-state index in [0.29, 0.717) is 10.9 Å². The van der Waals surface area contributed by atoms with Gasteiger partial charge in [-0.2, -0.15) is 0 Å². The Kier molecular flexibility index (Phi) is 6.24. The molecule has 0 saturated heterocycles. The fourth-order valence-corrected chi connectivity index (χ4v) is 5.02. The molecule has 1 aliphatic carbocycles. The van der Waals surface area contributed by atoms with E-state index in [1.54, 1.807) is 0 Å². The van der Waals surface area contributed by atoms with E-state index in [1.807, 2.05) is 36.4 Å². The van der Waals surface area contributed by atoms with E-state index in [9.17, 15) is 4.79 Å². The molecule has 0 aromatic heterocycles. The summed E-state index contributed by atoms with van der Waals surface area (Å²) in [6, 6.07) is 16.3. The monoisotopic (exact) mass is 425 g/mol. The van der Waals surface area contributed by atoms with Crippen LogP contribution in [0.1, 0.15) is 57.9 Å². The third kappa shape index (κ3) is 4.29. The quantitative estimate of drug-likeness (QED) is 0.520. The van der Waals surface area contributed by atoms with Crippen LogP contribution in [0.5, 0.6) is 0 Å². The Morgan fingerprint density at radius 3 is 2.20 bits per heavy atom. The van der Waals surface area contributed by atoms with E-state index in [4.69, 9.17) is 11.6 Å². The molecule has 4 rings (SSSR count). The Labute approximate surface area is 184 Å². The van der Waals surface area contributed by atoms with Crippen molar-refractivity contribution in [2.75, 3.05) is 10.6 Å². The molecule has 4 nitrogen and oxygen atoms in total. The highest BCUT2D eigenvalue weighted by molar-refractivity contribution is 6.30. The first-order valence-electron chi connectivity index (χ1n) is 11.2. The lowest BCUT2D eigenvalue weighted by Crippen LogP contribution is -2.54. The van der Waals surface area contributed by atoms with Gasteiger partial charge < -0.3 is 16.0 Å². The number of halogens is 1. The molecule has 1 atom stereocenters. The van der Waals surface area contributed by atoms with Gasteiger partial charge in [-0.3, -0.25) is 4.79 Å². The molecule has 3 N–H and O–H groups in total. The highest BCUT2D eigenvalue weighted by Crippen LogP contribution is 2.46. The van der Waals surface area contributed by atoms with Crippen molar-refractivity contribution in [3.8, 4) is 0 Å². The van der Waals surface area contributed by atoms with E-state index in [0.717, 1.165) is 36.2 Å². The van der Waals surface area contributed by atoms with Gasteiger partial charge in [-0.25, -0.2) is 0 Å². The normalized spacial score (nSPS) is 18.9. The zero-order valence-electron chi connectivity index (χ0n) is 17.9. The number of para-hydroxylation sites is 2. The van der Waals surface area contributed by atoms with E-state index < -0.39 is 5.66 Å². The van der Waals surface area contributed by atoms with Gasteiger partial charge >= 0.3 is 0 Å². The molecule has 2 aliphatic rings. The first-order chi connectivity index (χ1) is 14.5. The summed E-state index contributed by atoms with van der Waals surface area (Å²) in [5.41, 5.74) is 2.35. The van der Waals surface area contributed by atoms with Crippen LogP contribution >= 0.6 is 11.6 Å². The van der Waals surface area contributed by atoms with Crippen molar-refractivity contribution in [3.63, 3.8) is 0 Å². The van der Waals surface area contributed by atoms with Crippen LogP contribution in [0.3, 0.4) is 0 Å². The lowest BCUT2D eigenvalue weighted by atomic mass is 9.79. The summed E-state index contributed by atoms with van der Waals surface area (Å²) in [6.07, 6.45) is 6.60. The molecular formula is C25H32ClN3O. The molecule has 1 fully saturated rings. The van der Waals surface area contributed by atoms with Crippen LogP contribution in [0.2, 0.25) is 5.02 Å². The van der Waals surface area contributed by atoms with E-state index in [2.05, 4.69) is 41.9 Å². The largest absolute Gasteiger partial charge is 0.357 e. The van der Waals surface area contributed by atoms with Crippen molar-refractivity contribution in [1.82, 2.24) is 5.32 Å². The molecule has 0 bridgehead atoms. The lowest BCUT2D eigenvalue weighted by molar-refractivity contribution is -0.128. The molecule has 2 aromatic rings. The van der Waals surface area contributed by atoms with Gasteiger partial charge in [0.1, 0.15) is 5.66 Å². The van der Waals surface area contributed by atoms with Crippen molar-refractivity contribution in [2.45, 2.75) is 64.1 Å². The molecule has 1 amide bonds. The van der Waals surface area contributed by atoms with E-state index in [-0.39, 0.29) is 17.9 Å². The third-order valence-electron chi connectivity index (χ3n) is 6.39. The fraction of sp³-hybridized carbons (Fsp3) is 0.480. The van der Waals surface area contributed by atoms with Crippen molar-refractivity contribution in [2.24, 2.45) is 11.8 Å². The van der Waals surface area contributed by atoms with Crippen molar-refractivity contribution in [1.29, 1.82) is 0 Å². The number of fused-ring (bicyclic) bond motifs is 1. The topological polar surface area (TPSA) is 53.2 Å². The molecule has 160 valence electrons. The number of anilines is 2. The fourth-order valence-electron chi connectivity index (χ4n) is 4.89. The standard InChI is InChI=1S/C25H32ClN3O/c1-17(2)16-21(24(30)27-20-8-4-3-5-9-20)25(18-12-14-19(26)15-13-18)28-22-10-6-7-11-23(22)29-25/h6-7,10-15,17,20-21,28-29H,3-5,8-9,16H2,1-2H3,(H,27,30)/t21-/m1/s1. The maximum Gasteiger partial charge on any atom is 0.228 e. The second-order valence-electron chi connectivity index (χ2n) is 9.14. The predicted molar refractivity (Wildman–Crippen MR) is 125 cm³/mol. The third-order valence-corrected chi connectivity index (χ3v) is 6.64. The molecule has 0 radical (unpaired) electrons. The van der Waals surface area contributed by atoms with Crippen LogP contribution in [-0.2, 0) is 10.5 Å². The Morgan fingerprint density at radius 1 is 1.03 bits per heavy atom. The molecule has 5 heteroatoms. The van der Waals surface area contributed by atoms with Crippen LogP contribution in [0.25, 0.3) is 0 Å². The van der Waals surface area contributed by atoms with Gasteiger partial charge in [-0.1, -0.05) is 69.0 Å². The van der Waals surface area contributed by atoms with Crippen molar-refractivity contribution in [3.05, 3.63) is 59.1 Å². The first kappa shape index (κ1) is 21.0. The highest BCUT2D eigenvalue weighted by Gasteiger charge is 2.48. The second kappa shape index (κ2) is 8.89. The number of benzene rings is 2. The Morgan fingerprint density at radius 2 is 1.63 bits per heavy atom. The van der Waals surface area contributed by atoms with Gasteiger partial charge in [0.25, 0.3) is 0 Å². The maximum atomic E-state index is 13.7. The van der Waals surface area contributed by atoms with E-state index >= 15 is 0 Å². The summed E-state index contributed by atoms with van der Waals surface area (Å²) in [5, 5.41) is 11.5. The second-order valence-corrected chi connectivity index (χ2v) is 9.57. The number of nitrogens with one attached hydrogen (secondary N) is 3. The smallest absolute Gasteiger partial charge is 0.228 e. The van der Waals surface area contributed by atoms with E-state index in [1.165, 1.54) is 19.3 Å². The van der Waals surface area contributed by atoms with Gasteiger partial charge in [0, 0.05) is 11.1 Å². The Balaban J connectivity index is 1.72.